The van der Waals surface area contributed by atoms with Crippen molar-refractivity contribution in [3.05, 3.63) is 50.3 Å². The molecule has 0 spiro atoms. The fourth-order valence-electron chi connectivity index (χ4n) is 2.18. The van der Waals surface area contributed by atoms with E-state index in [1.807, 2.05) is 24.3 Å². The molecule has 0 amide bonds. The quantitative estimate of drug-likeness (QED) is 0.515. The van der Waals surface area contributed by atoms with Gasteiger partial charge in [-0.2, -0.15) is 0 Å². The lowest BCUT2D eigenvalue weighted by Crippen LogP contribution is -2.06. The monoisotopic (exact) mass is 412 g/mol. The number of nitrogens with one attached hydrogen (secondary N) is 1. The van der Waals surface area contributed by atoms with Crippen molar-refractivity contribution in [2.75, 3.05) is 0 Å². The van der Waals surface area contributed by atoms with Crippen molar-refractivity contribution in [3.8, 4) is 0 Å². The Bertz CT molecular complexity index is 764. The molecular weight excluding hydrogens is 399 g/mol. The summed E-state index contributed by atoms with van der Waals surface area (Å²) in [7, 11) is 0. The molecule has 0 aliphatic rings. The minimum Gasteiger partial charge on any atom is -0.342 e. The molecule has 2 heterocycles. The number of rotatable bonds is 3. The van der Waals surface area contributed by atoms with Crippen LogP contribution < -0.4 is 0 Å². The van der Waals surface area contributed by atoms with Crippen LogP contribution in [0.4, 0.5) is 0 Å². The maximum absolute atomic E-state index is 6.22. The molecule has 0 bridgehead atoms. The molecule has 4 nitrogen and oxygen atoms in total. The van der Waals surface area contributed by atoms with Crippen LogP contribution in [0.25, 0.3) is 11.0 Å². The summed E-state index contributed by atoms with van der Waals surface area (Å²) < 4.78 is 0.928. The third-order valence-electron chi connectivity index (χ3n) is 3.19. The predicted octanol–water partition coefficient (Wildman–Crippen LogP) is 4.33. The van der Waals surface area contributed by atoms with E-state index in [0.717, 1.165) is 26.1 Å². The lowest BCUT2D eigenvalue weighted by atomic mass is 10.1. The summed E-state index contributed by atoms with van der Waals surface area (Å²) in [6.45, 7) is 4.21. The van der Waals surface area contributed by atoms with Gasteiger partial charge >= 0.3 is 0 Å². The van der Waals surface area contributed by atoms with E-state index in [2.05, 4.69) is 56.4 Å². The second-order valence-corrected chi connectivity index (χ2v) is 6.60. The maximum Gasteiger partial charge on any atom is 0.146 e. The number of imidazole rings is 1. The third-order valence-corrected chi connectivity index (χ3v) is 4.85. The number of hydrogen-bond donors (Lipinski definition) is 1. The Morgan fingerprint density at radius 1 is 1.19 bits per heavy atom. The van der Waals surface area contributed by atoms with Gasteiger partial charge < -0.3 is 4.98 Å². The van der Waals surface area contributed by atoms with Crippen LogP contribution in [0.1, 0.15) is 37.1 Å². The molecular formula is C15H14ClIN4. The molecule has 3 rings (SSSR count). The molecule has 0 aliphatic heterocycles. The average molecular weight is 413 g/mol. The van der Waals surface area contributed by atoms with Gasteiger partial charge in [-0.3, -0.25) is 0 Å². The zero-order valence-electron chi connectivity index (χ0n) is 11.7. The van der Waals surface area contributed by atoms with Crippen molar-refractivity contribution in [1.29, 1.82) is 0 Å². The number of hydrogen-bond acceptors (Lipinski definition) is 3. The van der Waals surface area contributed by atoms with E-state index in [1.54, 1.807) is 0 Å². The zero-order chi connectivity index (χ0) is 15.0. The fourth-order valence-corrected chi connectivity index (χ4v) is 3.24. The molecule has 21 heavy (non-hydrogen) atoms. The molecule has 2 aromatic heterocycles. The number of halogens is 2. The first-order valence-electron chi connectivity index (χ1n) is 6.70. The highest BCUT2D eigenvalue weighted by Gasteiger charge is 2.14. The minimum absolute atomic E-state index is 0.312. The van der Waals surface area contributed by atoms with E-state index in [-0.39, 0.29) is 0 Å². The van der Waals surface area contributed by atoms with Gasteiger partial charge in [0.15, 0.2) is 0 Å². The Labute approximate surface area is 141 Å². The standard InChI is InChI=1S/C15H14ClIN4/c1-8(2)14-13(17)15(16)21-12(20-14)7-11-18-9-5-3-4-6-10(9)19-11/h3-6,8H,7H2,1-2H3,(H,18,19). The number of aromatic amines is 1. The Balaban J connectivity index is 1.97. The number of benzene rings is 1. The van der Waals surface area contributed by atoms with Crippen LogP contribution in [0.15, 0.2) is 24.3 Å². The molecule has 108 valence electrons. The highest BCUT2D eigenvalue weighted by Crippen LogP contribution is 2.25. The Morgan fingerprint density at radius 3 is 2.67 bits per heavy atom. The van der Waals surface area contributed by atoms with Crippen LogP contribution >= 0.6 is 34.2 Å². The van der Waals surface area contributed by atoms with Gasteiger partial charge in [-0.1, -0.05) is 37.6 Å². The molecule has 0 saturated heterocycles. The summed E-state index contributed by atoms with van der Waals surface area (Å²) in [6, 6.07) is 7.95. The van der Waals surface area contributed by atoms with Gasteiger partial charge in [-0.15, -0.1) is 0 Å². The van der Waals surface area contributed by atoms with Gasteiger partial charge in [0.1, 0.15) is 16.8 Å². The van der Waals surface area contributed by atoms with Crippen molar-refractivity contribution in [3.63, 3.8) is 0 Å². The van der Waals surface area contributed by atoms with Gasteiger partial charge in [-0.25, -0.2) is 15.0 Å². The molecule has 3 aromatic rings. The first kappa shape index (κ1) is 14.7. The van der Waals surface area contributed by atoms with Gasteiger partial charge in [0.2, 0.25) is 0 Å². The van der Waals surface area contributed by atoms with Gasteiger partial charge in [-0.05, 0) is 40.6 Å². The molecule has 1 N–H and O–H groups in total. The smallest absolute Gasteiger partial charge is 0.146 e. The van der Waals surface area contributed by atoms with Crippen LogP contribution in [-0.2, 0) is 6.42 Å². The zero-order valence-corrected chi connectivity index (χ0v) is 14.6. The largest absolute Gasteiger partial charge is 0.342 e. The van der Waals surface area contributed by atoms with E-state index in [0.29, 0.717) is 23.3 Å². The Morgan fingerprint density at radius 2 is 1.95 bits per heavy atom. The van der Waals surface area contributed by atoms with Crippen LogP contribution in [-0.4, -0.2) is 19.9 Å². The number of para-hydroxylation sites is 2. The van der Waals surface area contributed by atoms with Crippen LogP contribution in [0.5, 0.6) is 0 Å². The van der Waals surface area contributed by atoms with E-state index >= 15 is 0 Å². The molecule has 0 fully saturated rings. The summed E-state index contributed by atoms with van der Waals surface area (Å²) in [4.78, 5) is 16.8. The lowest BCUT2D eigenvalue weighted by Gasteiger charge is -2.10. The van der Waals surface area contributed by atoms with Crippen molar-refractivity contribution >= 4 is 45.2 Å². The van der Waals surface area contributed by atoms with Gasteiger partial charge in [0, 0.05) is 0 Å². The van der Waals surface area contributed by atoms with E-state index in [4.69, 9.17) is 11.6 Å². The first-order valence-corrected chi connectivity index (χ1v) is 8.15. The minimum atomic E-state index is 0.312. The van der Waals surface area contributed by atoms with Crippen LogP contribution in [0.3, 0.4) is 0 Å². The average Bonchev–Trinajstić information content (AvgIpc) is 2.84. The number of fused-ring (bicyclic) bond motifs is 1. The molecule has 1 aromatic carbocycles. The van der Waals surface area contributed by atoms with Crippen molar-refractivity contribution in [2.24, 2.45) is 0 Å². The molecule has 0 aliphatic carbocycles. The summed E-state index contributed by atoms with van der Waals surface area (Å²) in [6.07, 6.45) is 0.547. The Hall–Kier alpha value is -1.21. The van der Waals surface area contributed by atoms with Crippen LogP contribution in [0, 0.1) is 3.57 Å². The second kappa shape index (κ2) is 5.88. The molecule has 0 atom stereocenters. The SMILES string of the molecule is CC(C)c1nc(Cc2nc3ccccc3[nH]2)nc(Cl)c1I. The molecule has 6 heteroatoms. The summed E-state index contributed by atoms with van der Waals surface area (Å²) in [5.74, 6) is 1.86. The van der Waals surface area contributed by atoms with Crippen LogP contribution in [0.2, 0.25) is 5.15 Å². The maximum atomic E-state index is 6.22. The normalized spacial score (nSPS) is 11.5. The fraction of sp³-hybridized carbons (Fsp3) is 0.267. The topological polar surface area (TPSA) is 54.5 Å². The van der Waals surface area contributed by atoms with E-state index < -0.39 is 0 Å². The molecule has 0 unspecified atom stereocenters. The first-order chi connectivity index (χ1) is 10.0. The van der Waals surface area contributed by atoms with E-state index in [9.17, 15) is 0 Å². The number of H-pyrrole nitrogens is 1. The predicted molar refractivity (Wildman–Crippen MR) is 92.7 cm³/mol. The van der Waals surface area contributed by atoms with Crippen molar-refractivity contribution in [2.45, 2.75) is 26.2 Å². The number of nitrogens with zero attached hydrogens (tertiary/aromatic N) is 3. The lowest BCUT2D eigenvalue weighted by molar-refractivity contribution is 0.777. The number of aromatic nitrogens is 4. The summed E-state index contributed by atoms with van der Waals surface area (Å²) >= 11 is 8.42. The van der Waals surface area contributed by atoms with Gasteiger partial charge in [0.25, 0.3) is 0 Å². The van der Waals surface area contributed by atoms with Crippen molar-refractivity contribution < 1.29 is 0 Å². The second-order valence-electron chi connectivity index (χ2n) is 5.16. The summed E-state index contributed by atoms with van der Waals surface area (Å²) in [5, 5.41) is 0.514. The molecule has 0 radical (unpaired) electrons. The summed E-state index contributed by atoms with van der Waals surface area (Å²) in [5.41, 5.74) is 2.96. The van der Waals surface area contributed by atoms with Gasteiger partial charge in [0.05, 0.1) is 26.7 Å². The molecule has 0 saturated carbocycles. The van der Waals surface area contributed by atoms with E-state index in [1.165, 1.54) is 0 Å². The third kappa shape index (κ3) is 3.03. The Kier molecular flexibility index (Phi) is 4.12. The highest BCUT2D eigenvalue weighted by atomic mass is 127. The van der Waals surface area contributed by atoms with Crippen molar-refractivity contribution in [1.82, 2.24) is 19.9 Å². The highest BCUT2D eigenvalue weighted by molar-refractivity contribution is 14.1.